The lowest BCUT2D eigenvalue weighted by atomic mass is 9.98. The van der Waals surface area contributed by atoms with Gasteiger partial charge in [-0.15, -0.1) is 0 Å². The van der Waals surface area contributed by atoms with E-state index in [0.717, 1.165) is 29.2 Å². The normalized spacial score (nSPS) is 11.1. The molecule has 1 aromatic carbocycles. The predicted molar refractivity (Wildman–Crippen MR) is 118 cm³/mol. The third-order valence-corrected chi connectivity index (χ3v) is 4.93. The summed E-state index contributed by atoms with van der Waals surface area (Å²) < 4.78 is 0. The fourth-order valence-electron chi connectivity index (χ4n) is 3.28. The molecule has 0 unspecified atom stereocenters. The van der Waals surface area contributed by atoms with Crippen molar-refractivity contribution >= 4 is 11.8 Å². The van der Waals surface area contributed by atoms with Crippen LogP contribution < -0.4 is 4.90 Å². The summed E-state index contributed by atoms with van der Waals surface area (Å²) >= 11 is 0. The second-order valence-electron chi connectivity index (χ2n) is 6.94. The lowest BCUT2D eigenvalue weighted by Crippen LogP contribution is -2.25. The standard InChI is InChI=1S/C25H30N2/c1-8-14-22(18(4)5)25(10-3)27(21-15-12-11-13-16-21)17-24-20(7)19(6)23(9-2)26-24/h9-13,15-16,18,26H,1-2,17H2,3-7H3/b25-10+. The van der Waals surface area contributed by atoms with Crippen molar-refractivity contribution in [2.45, 2.75) is 41.2 Å². The SMILES string of the molecule is C=C=C=C(/C(=C\C)N(Cc1[nH]c(C=C)c(C)c1C)c1ccccc1)C(C)C. The molecule has 1 aromatic heterocycles. The molecule has 1 N–H and O–H groups in total. The summed E-state index contributed by atoms with van der Waals surface area (Å²) in [6.45, 7) is 19.1. The maximum Gasteiger partial charge on any atom is 0.0635 e. The number of H-pyrrole nitrogens is 1. The fraction of sp³-hybridized carbons (Fsp3) is 0.280. The first-order chi connectivity index (χ1) is 12.9. The highest BCUT2D eigenvalue weighted by molar-refractivity contribution is 5.59. The van der Waals surface area contributed by atoms with Crippen molar-refractivity contribution in [3.05, 3.63) is 94.8 Å². The van der Waals surface area contributed by atoms with Gasteiger partial charge in [0.25, 0.3) is 0 Å². The number of rotatable bonds is 7. The monoisotopic (exact) mass is 358 g/mol. The molecule has 0 aliphatic rings. The topological polar surface area (TPSA) is 19.0 Å². The first-order valence-electron chi connectivity index (χ1n) is 9.39. The molecule has 0 aliphatic carbocycles. The average Bonchev–Trinajstić information content (AvgIpc) is 2.95. The molecule has 0 saturated carbocycles. The summed E-state index contributed by atoms with van der Waals surface area (Å²) in [6, 6.07) is 10.5. The molecule has 0 atom stereocenters. The summed E-state index contributed by atoms with van der Waals surface area (Å²) in [4.78, 5) is 5.86. The maximum atomic E-state index is 3.93. The molecule has 2 aromatic rings. The summed E-state index contributed by atoms with van der Waals surface area (Å²) in [7, 11) is 0. The van der Waals surface area contributed by atoms with Crippen molar-refractivity contribution in [2.75, 3.05) is 4.90 Å². The zero-order chi connectivity index (χ0) is 20.0. The zero-order valence-electron chi connectivity index (χ0n) is 17.2. The number of nitrogens with zero attached hydrogens (tertiary/aromatic N) is 1. The molecule has 0 radical (unpaired) electrons. The van der Waals surface area contributed by atoms with E-state index < -0.39 is 0 Å². The van der Waals surface area contributed by atoms with Gasteiger partial charge in [-0.05, 0) is 62.6 Å². The Labute approximate surface area is 163 Å². The van der Waals surface area contributed by atoms with Gasteiger partial charge in [0.05, 0.1) is 6.54 Å². The molecule has 0 bridgehead atoms. The van der Waals surface area contributed by atoms with Crippen LogP contribution in [0, 0.1) is 19.8 Å². The van der Waals surface area contributed by atoms with E-state index in [2.05, 4.69) is 99.5 Å². The Balaban J connectivity index is 2.61. The maximum absolute atomic E-state index is 3.93. The Morgan fingerprint density at radius 2 is 1.85 bits per heavy atom. The molecule has 0 amide bonds. The van der Waals surface area contributed by atoms with E-state index in [9.17, 15) is 0 Å². The quantitative estimate of drug-likeness (QED) is 0.430. The zero-order valence-corrected chi connectivity index (χ0v) is 17.2. The number of nitrogens with one attached hydrogen (secondary N) is 1. The summed E-state index contributed by atoms with van der Waals surface area (Å²) in [5.41, 5.74) is 14.2. The van der Waals surface area contributed by atoms with Crippen LogP contribution in [0.2, 0.25) is 0 Å². The van der Waals surface area contributed by atoms with Gasteiger partial charge in [0.1, 0.15) is 0 Å². The average molecular weight is 359 g/mol. The second kappa shape index (κ2) is 9.14. The molecular formula is C25H30N2. The van der Waals surface area contributed by atoms with Crippen molar-refractivity contribution in [2.24, 2.45) is 5.92 Å². The molecular weight excluding hydrogens is 328 g/mol. The predicted octanol–water partition coefficient (Wildman–Crippen LogP) is 6.71. The highest BCUT2D eigenvalue weighted by atomic mass is 15.2. The molecule has 140 valence electrons. The van der Waals surface area contributed by atoms with Crippen LogP contribution in [0.1, 0.15) is 43.3 Å². The van der Waals surface area contributed by atoms with Crippen LogP contribution in [-0.4, -0.2) is 4.98 Å². The van der Waals surface area contributed by atoms with Gasteiger partial charge in [0.2, 0.25) is 0 Å². The van der Waals surface area contributed by atoms with E-state index in [1.165, 1.54) is 16.8 Å². The molecule has 1 heterocycles. The molecule has 2 rings (SSSR count). The summed E-state index contributed by atoms with van der Waals surface area (Å²) in [5.74, 6) is 0.312. The molecule has 2 heteroatoms. The van der Waals surface area contributed by atoms with Crippen molar-refractivity contribution in [1.82, 2.24) is 4.98 Å². The number of benzene rings is 1. The van der Waals surface area contributed by atoms with Gasteiger partial charge >= 0.3 is 0 Å². The van der Waals surface area contributed by atoms with Crippen LogP contribution in [0.3, 0.4) is 0 Å². The van der Waals surface area contributed by atoms with Crippen LogP contribution in [0.25, 0.3) is 6.08 Å². The van der Waals surface area contributed by atoms with Crippen LogP contribution in [0.4, 0.5) is 5.69 Å². The highest BCUT2D eigenvalue weighted by Gasteiger charge is 2.20. The lowest BCUT2D eigenvalue weighted by molar-refractivity contribution is 0.752. The van der Waals surface area contributed by atoms with Crippen LogP contribution in [0.15, 0.2) is 72.3 Å². The third-order valence-electron chi connectivity index (χ3n) is 4.93. The van der Waals surface area contributed by atoms with Gasteiger partial charge in [-0.1, -0.05) is 56.2 Å². The minimum atomic E-state index is 0.312. The van der Waals surface area contributed by atoms with Crippen molar-refractivity contribution in [3.8, 4) is 0 Å². The largest absolute Gasteiger partial charge is 0.357 e. The van der Waals surface area contributed by atoms with E-state index in [4.69, 9.17) is 0 Å². The number of hydrogen-bond donors (Lipinski definition) is 1. The summed E-state index contributed by atoms with van der Waals surface area (Å²) in [5, 5.41) is 0. The molecule has 0 spiro atoms. The van der Waals surface area contributed by atoms with Crippen LogP contribution >= 0.6 is 0 Å². The van der Waals surface area contributed by atoms with Crippen LogP contribution in [-0.2, 0) is 6.54 Å². The summed E-state index contributed by atoms with van der Waals surface area (Å²) in [6.07, 6.45) is 4.03. The van der Waals surface area contributed by atoms with Crippen molar-refractivity contribution in [3.63, 3.8) is 0 Å². The smallest absolute Gasteiger partial charge is 0.0635 e. The molecule has 0 aliphatic heterocycles. The van der Waals surface area contributed by atoms with Gasteiger partial charge in [0.15, 0.2) is 0 Å². The number of para-hydroxylation sites is 1. The Morgan fingerprint density at radius 3 is 2.33 bits per heavy atom. The lowest BCUT2D eigenvalue weighted by Gasteiger charge is -2.29. The Hall–Kier alpha value is -2.92. The number of anilines is 1. The number of allylic oxidation sites excluding steroid dienone is 2. The van der Waals surface area contributed by atoms with Gasteiger partial charge in [-0.2, -0.15) is 0 Å². The first-order valence-corrected chi connectivity index (χ1v) is 9.39. The number of aromatic amines is 1. The molecule has 0 fully saturated rings. The van der Waals surface area contributed by atoms with Gasteiger partial charge in [0, 0.05) is 28.3 Å². The first kappa shape index (κ1) is 20.4. The Bertz CT molecular complexity index is 913. The van der Waals surface area contributed by atoms with Gasteiger partial charge in [-0.25, -0.2) is 0 Å². The van der Waals surface area contributed by atoms with Gasteiger partial charge in [-0.3, -0.25) is 0 Å². The van der Waals surface area contributed by atoms with E-state index in [1.54, 1.807) is 0 Å². The number of hydrogen-bond acceptors (Lipinski definition) is 1. The highest BCUT2D eigenvalue weighted by Crippen LogP contribution is 2.30. The van der Waals surface area contributed by atoms with Crippen molar-refractivity contribution in [1.29, 1.82) is 0 Å². The third kappa shape index (κ3) is 4.44. The number of aromatic nitrogens is 1. The fourth-order valence-corrected chi connectivity index (χ4v) is 3.28. The minimum absolute atomic E-state index is 0.312. The van der Waals surface area contributed by atoms with Crippen LogP contribution in [0.5, 0.6) is 0 Å². The molecule has 0 saturated heterocycles. The molecule has 27 heavy (non-hydrogen) atoms. The van der Waals surface area contributed by atoms with Gasteiger partial charge < -0.3 is 9.88 Å². The van der Waals surface area contributed by atoms with E-state index in [-0.39, 0.29) is 0 Å². The van der Waals surface area contributed by atoms with E-state index >= 15 is 0 Å². The van der Waals surface area contributed by atoms with E-state index in [1.807, 2.05) is 12.1 Å². The Kier molecular flexibility index (Phi) is 6.91. The second-order valence-corrected chi connectivity index (χ2v) is 6.94. The van der Waals surface area contributed by atoms with Crippen molar-refractivity contribution < 1.29 is 0 Å². The minimum Gasteiger partial charge on any atom is -0.357 e. The Morgan fingerprint density at radius 1 is 1.19 bits per heavy atom. The molecule has 2 nitrogen and oxygen atoms in total. The van der Waals surface area contributed by atoms with E-state index in [0.29, 0.717) is 5.92 Å².